The number of rotatable bonds is 4. The fourth-order valence-electron chi connectivity index (χ4n) is 2.73. The molecule has 7 heteroatoms. The molecule has 0 aromatic carbocycles. The number of nitrogens with zero attached hydrogens (tertiary/aromatic N) is 4. The van der Waals surface area contributed by atoms with Gasteiger partial charge >= 0.3 is 5.69 Å². The summed E-state index contributed by atoms with van der Waals surface area (Å²) in [6.45, 7) is 10.2. The fraction of sp³-hybridized carbons (Fsp3) is 0.667. The molecule has 0 spiro atoms. The summed E-state index contributed by atoms with van der Waals surface area (Å²) in [7, 11) is 1.50. The zero-order chi connectivity index (χ0) is 16.8. The van der Waals surface area contributed by atoms with Gasteiger partial charge in [0.05, 0.1) is 0 Å². The molecule has 0 aliphatic heterocycles. The minimum Gasteiger partial charge on any atom is -0.328 e. The Morgan fingerprint density at radius 1 is 1.09 bits per heavy atom. The molecule has 7 nitrogen and oxygen atoms in total. The van der Waals surface area contributed by atoms with Crippen molar-refractivity contribution < 1.29 is 0 Å². The van der Waals surface area contributed by atoms with E-state index < -0.39 is 0 Å². The van der Waals surface area contributed by atoms with Crippen molar-refractivity contribution in [2.75, 3.05) is 6.54 Å². The van der Waals surface area contributed by atoms with Crippen molar-refractivity contribution in [3.8, 4) is 0 Å². The van der Waals surface area contributed by atoms with Crippen LogP contribution in [0.5, 0.6) is 0 Å². The summed E-state index contributed by atoms with van der Waals surface area (Å²) in [4.78, 5) is 29.7. The third-order valence-electron chi connectivity index (χ3n) is 3.96. The summed E-state index contributed by atoms with van der Waals surface area (Å²) >= 11 is 0. The zero-order valence-electron chi connectivity index (χ0n) is 14.1. The minimum atomic E-state index is -0.340. The molecular formula is C15H25N5O2. The second-order valence-corrected chi connectivity index (χ2v) is 6.36. The van der Waals surface area contributed by atoms with Gasteiger partial charge in [0.2, 0.25) is 0 Å². The molecule has 22 heavy (non-hydrogen) atoms. The highest BCUT2D eigenvalue weighted by atomic mass is 16.2. The lowest BCUT2D eigenvalue weighted by molar-refractivity contribution is 0.528. The van der Waals surface area contributed by atoms with E-state index >= 15 is 0 Å². The molecule has 122 valence electrons. The highest BCUT2D eigenvalue weighted by Gasteiger charge is 2.24. The summed E-state index contributed by atoms with van der Waals surface area (Å²) in [6.07, 6.45) is 0. The first-order valence-corrected chi connectivity index (χ1v) is 7.65. The SMILES string of the molecule is CC(C)c1nc2c(c(=O)n(C)c(=O)n2C(C)C)n1C(C)CN. The smallest absolute Gasteiger partial charge is 0.328 e. The normalized spacial score (nSPS) is 13.5. The third kappa shape index (κ3) is 2.29. The Morgan fingerprint density at radius 3 is 2.14 bits per heavy atom. The van der Waals surface area contributed by atoms with Crippen LogP contribution in [-0.2, 0) is 7.05 Å². The second-order valence-electron chi connectivity index (χ2n) is 6.36. The molecule has 0 amide bonds. The Bertz CT molecular complexity index is 810. The van der Waals surface area contributed by atoms with E-state index in [-0.39, 0.29) is 29.3 Å². The predicted molar refractivity (Wildman–Crippen MR) is 87.5 cm³/mol. The van der Waals surface area contributed by atoms with Crippen molar-refractivity contribution in [3.63, 3.8) is 0 Å². The van der Waals surface area contributed by atoms with E-state index in [9.17, 15) is 9.59 Å². The van der Waals surface area contributed by atoms with E-state index in [0.29, 0.717) is 17.7 Å². The molecule has 1 unspecified atom stereocenters. The monoisotopic (exact) mass is 307 g/mol. The molecular weight excluding hydrogens is 282 g/mol. The standard InChI is InChI=1S/C15H25N5O2/c1-8(2)12-17-13-11(20(12)10(5)7-16)14(21)18(6)15(22)19(13)9(3)4/h8-10H,7,16H2,1-6H3. The lowest BCUT2D eigenvalue weighted by atomic mass is 10.2. The van der Waals surface area contributed by atoms with E-state index in [2.05, 4.69) is 4.98 Å². The van der Waals surface area contributed by atoms with Crippen LogP contribution in [0, 0.1) is 0 Å². The quantitative estimate of drug-likeness (QED) is 0.917. The molecule has 0 fully saturated rings. The van der Waals surface area contributed by atoms with Crippen molar-refractivity contribution in [2.45, 2.75) is 52.6 Å². The van der Waals surface area contributed by atoms with Gasteiger partial charge in [-0.15, -0.1) is 0 Å². The van der Waals surface area contributed by atoms with Crippen molar-refractivity contribution >= 4 is 11.2 Å². The first-order valence-electron chi connectivity index (χ1n) is 7.65. The van der Waals surface area contributed by atoms with E-state index in [0.717, 1.165) is 10.4 Å². The van der Waals surface area contributed by atoms with Gasteiger partial charge in [0.1, 0.15) is 5.82 Å². The summed E-state index contributed by atoms with van der Waals surface area (Å²) in [5, 5.41) is 0. The van der Waals surface area contributed by atoms with Gasteiger partial charge in [-0.05, 0) is 20.8 Å². The van der Waals surface area contributed by atoms with Crippen LogP contribution in [-0.4, -0.2) is 25.2 Å². The molecule has 2 rings (SSSR count). The number of nitrogens with two attached hydrogens (primary N) is 1. The lowest BCUT2D eigenvalue weighted by Crippen LogP contribution is -2.39. The first-order chi connectivity index (χ1) is 10.2. The lowest BCUT2D eigenvalue weighted by Gasteiger charge is -2.17. The van der Waals surface area contributed by atoms with Gasteiger partial charge in [-0.3, -0.25) is 13.9 Å². The minimum absolute atomic E-state index is 0.0618. The average molecular weight is 307 g/mol. The molecule has 2 N–H and O–H groups in total. The van der Waals surface area contributed by atoms with E-state index in [1.54, 1.807) is 4.57 Å². The van der Waals surface area contributed by atoms with Gasteiger partial charge in [-0.1, -0.05) is 13.8 Å². The summed E-state index contributed by atoms with van der Waals surface area (Å²) < 4.78 is 4.61. The van der Waals surface area contributed by atoms with Crippen LogP contribution in [0.15, 0.2) is 9.59 Å². The number of hydrogen-bond acceptors (Lipinski definition) is 4. The van der Waals surface area contributed by atoms with Crippen LogP contribution in [0.1, 0.15) is 58.4 Å². The van der Waals surface area contributed by atoms with Gasteiger partial charge in [0, 0.05) is 31.6 Å². The summed E-state index contributed by atoms with van der Waals surface area (Å²) in [5.41, 5.74) is 6.06. The van der Waals surface area contributed by atoms with Gasteiger partial charge in [0.15, 0.2) is 11.2 Å². The molecule has 2 heterocycles. The molecule has 0 saturated heterocycles. The van der Waals surface area contributed by atoms with Crippen LogP contribution < -0.4 is 17.0 Å². The van der Waals surface area contributed by atoms with Crippen molar-refractivity contribution in [2.24, 2.45) is 12.8 Å². The van der Waals surface area contributed by atoms with Gasteiger partial charge < -0.3 is 10.3 Å². The molecule has 0 aliphatic carbocycles. The van der Waals surface area contributed by atoms with E-state index in [4.69, 9.17) is 5.73 Å². The van der Waals surface area contributed by atoms with Crippen molar-refractivity contribution in [1.29, 1.82) is 0 Å². The molecule has 0 radical (unpaired) electrons. The first kappa shape index (κ1) is 16.5. The van der Waals surface area contributed by atoms with Crippen LogP contribution >= 0.6 is 0 Å². The predicted octanol–water partition coefficient (Wildman–Crippen LogP) is 1.12. The van der Waals surface area contributed by atoms with Crippen LogP contribution in [0.2, 0.25) is 0 Å². The van der Waals surface area contributed by atoms with Gasteiger partial charge in [0.25, 0.3) is 5.56 Å². The molecule has 0 aliphatic rings. The Labute approximate surface area is 129 Å². The van der Waals surface area contributed by atoms with E-state index in [1.807, 2.05) is 39.2 Å². The fourth-order valence-corrected chi connectivity index (χ4v) is 2.73. The van der Waals surface area contributed by atoms with Crippen molar-refractivity contribution in [3.05, 3.63) is 26.7 Å². The number of aromatic nitrogens is 4. The maximum absolute atomic E-state index is 12.6. The molecule has 1 atom stereocenters. The maximum atomic E-state index is 12.6. The average Bonchev–Trinajstić information content (AvgIpc) is 2.84. The maximum Gasteiger partial charge on any atom is 0.332 e. The summed E-state index contributed by atoms with van der Waals surface area (Å²) in [5.74, 6) is 0.909. The Kier molecular flexibility index (Phi) is 4.28. The largest absolute Gasteiger partial charge is 0.332 e. The van der Waals surface area contributed by atoms with Crippen LogP contribution in [0.3, 0.4) is 0 Å². The van der Waals surface area contributed by atoms with Gasteiger partial charge in [-0.2, -0.15) is 0 Å². The Balaban J connectivity index is 3.09. The zero-order valence-corrected chi connectivity index (χ0v) is 14.1. The number of hydrogen-bond donors (Lipinski definition) is 1. The van der Waals surface area contributed by atoms with Crippen LogP contribution in [0.4, 0.5) is 0 Å². The van der Waals surface area contributed by atoms with Crippen molar-refractivity contribution in [1.82, 2.24) is 18.7 Å². The Morgan fingerprint density at radius 2 is 1.68 bits per heavy atom. The molecule has 2 aromatic heterocycles. The number of imidazole rings is 1. The van der Waals surface area contributed by atoms with Crippen LogP contribution in [0.25, 0.3) is 11.2 Å². The number of fused-ring (bicyclic) bond motifs is 1. The molecule has 0 bridgehead atoms. The van der Waals surface area contributed by atoms with Gasteiger partial charge in [-0.25, -0.2) is 9.78 Å². The topological polar surface area (TPSA) is 87.8 Å². The Hall–Kier alpha value is -1.89. The summed E-state index contributed by atoms with van der Waals surface area (Å²) in [6, 6.07) is -0.147. The second kappa shape index (κ2) is 5.72. The highest BCUT2D eigenvalue weighted by Crippen LogP contribution is 2.24. The third-order valence-corrected chi connectivity index (χ3v) is 3.96. The van der Waals surface area contributed by atoms with E-state index in [1.165, 1.54) is 7.05 Å². The highest BCUT2D eigenvalue weighted by molar-refractivity contribution is 5.71. The molecule has 2 aromatic rings. The molecule has 0 saturated carbocycles.